The first-order valence-corrected chi connectivity index (χ1v) is 10.7. The molecule has 2 aliphatic heterocycles. The molecule has 2 aliphatic rings. The lowest BCUT2D eigenvalue weighted by molar-refractivity contribution is 0.00769. The van der Waals surface area contributed by atoms with Crippen molar-refractivity contribution in [2.75, 3.05) is 33.4 Å². The molecule has 7 heteroatoms. The van der Waals surface area contributed by atoms with Gasteiger partial charge in [0.25, 0.3) is 11.8 Å². The molecule has 0 radical (unpaired) electrons. The van der Waals surface area contributed by atoms with Crippen LogP contribution in [0.1, 0.15) is 39.1 Å². The molecule has 0 atom stereocenters. The van der Waals surface area contributed by atoms with Crippen LogP contribution < -0.4 is 19.5 Å². The number of amides is 2. The minimum Gasteiger partial charge on any atom is -0.493 e. The highest BCUT2D eigenvalue weighted by Gasteiger charge is 2.41. The van der Waals surface area contributed by atoms with Crippen molar-refractivity contribution in [2.45, 2.75) is 25.4 Å². The number of nitrogens with one attached hydrogen (secondary N) is 1. The number of piperidine rings is 1. The van der Waals surface area contributed by atoms with Crippen molar-refractivity contribution < 1.29 is 23.8 Å². The first-order chi connectivity index (χ1) is 15.4. The van der Waals surface area contributed by atoms with E-state index < -0.39 is 5.60 Å². The fraction of sp³-hybridized carbons (Fsp3) is 0.360. The monoisotopic (exact) mass is 436 g/mol. The quantitative estimate of drug-likeness (QED) is 0.728. The number of ether oxygens (including phenoxy) is 3. The number of aryl methyl sites for hydroxylation is 1. The summed E-state index contributed by atoms with van der Waals surface area (Å²) in [7, 11) is 1.55. The number of carbonyl (C=O) groups excluding carboxylic acids is 2. The number of likely N-dealkylation sites (tertiary alicyclic amines) is 1. The molecule has 0 bridgehead atoms. The Bertz CT molecular complexity index is 1040. The van der Waals surface area contributed by atoms with Crippen molar-refractivity contribution in [1.82, 2.24) is 10.2 Å². The predicted octanol–water partition coefficient (Wildman–Crippen LogP) is 3.37. The van der Waals surface area contributed by atoms with Gasteiger partial charge in [0.2, 0.25) is 0 Å². The van der Waals surface area contributed by atoms with Gasteiger partial charge in [-0.05, 0) is 37.3 Å². The number of methoxy groups -OCH3 is 1. The van der Waals surface area contributed by atoms with Crippen molar-refractivity contribution in [3.8, 4) is 17.2 Å². The third-order valence-electron chi connectivity index (χ3n) is 6.01. The van der Waals surface area contributed by atoms with E-state index in [2.05, 4.69) is 11.9 Å². The molecule has 1 fully saturated rings. The molecule has 1 spiro atoms. The number of carbonyl (C=O) groups is 2. The molecule has 4 rings (SSSR count). The van der Waals surface area contributed by atoms with Gasteiger partial charge >= 0.3 is 0 Å². The van der Waals surface area contributed by atoms with E-state index in [-0.39, 0.29) is 11.8 Å². The Labute approximate surface area is 188 Å². The maximum absolute atomic E-state index is 13.1. The van der Waals surface area contributed by atoms with E-state index in [4.69, 9.17) is 14.2 Å². The minimum atomic E-state index is -0.521. The number of benzene rings is 2. The van der Waals surface area contributed by atoms with E-state index in [1.54, 1.807) is 31.4 Å². The Balaban J connectivity index is 1.46. The van der Waals surface area contributed by atoms with Gasteiger partial charge in [0, 0.05) is 31.5 Å². The lowest BCUT2D eigenvalue weighted by Gasteiger charge is -2.41. The van der Waals surface area contributed by atoms with E-state index in [9.17, 15) is 9.59 Å². The SMILES string of the molecule is C=CCOc1ccc(C(=O)N2CCC3(CC2)CNC(=O)c2cc(C)ccc2O3)cc1OC. The predicted molar refractivity (Wildman–Crippen MR) is 121 cm³/mol. The standard InChI is InChI=1S/C25H28N2O5/c1-4-13-31-21-8-6-18(15-22(21)30-3)24(29)27-11-9-25(10-12-27)16-26-23(28)19-14-17(2)5-7-20(19)32-25/h4-8,14-15H,1,9-13,16H2,2-3H3,(H,26,28). The van der Waals surface area contributed by atoms with Gasteiger partial charge in [0.05, 0.1) is 19.2 Å². The molecule has 0 saturated carbocycles. The summed E-state index contributed by atoms with van der Waals surface area (Å²) in [6.07, 6.45) is 2.91. The summed E-state index contributed by atoms with van der Waals surface area (Å²) in [5.41, 5.74) is 1.59. The van der Waals surface area contributed by atoms with Gasteiger partial charge in [-0.25, -0.2) is 0 Å². The molecule has 2 amide bonds. The Morgan fingerprint density at radius 2 is 2.00 bits per heavy atom. The average molecular weight is 437 g/mol. The summed E-state index contributed by atoms with van der Waals surface area (Å²) in [5, 5.41) is 3.00. The van der Waals surface area contributed by atoms with Crippen LogP contribution in [0.25, 0.3) is 0 Å². The molecule has 0 aromatic heterocycles. The molecule has 2 aromatic rings. The second-order valence-corrected chi connectivity index (χ2v) is 8.22. The summed E-state index contributed by atoms with van der Waals surface area (Å²) in [6.45, 7) is 7.44. The highest BCUT2D eigenvalue weighted by atomic mass is 16.5. The summed E-state index contributed by atoms with van der Waals surface area (Å²) >= 11 is 0. The van der Waals surface area contributed by atoms with Crippen LogP contribution in [0.15, 0.2) is 49.1 Å². The first kappa shape index (κ1) is 21.7. The van der Waals surface area contributed by atoms with E-state index in [0.717, 1.165) is 5.56 Å². The van der Waals surface area contributed by atoms with Gasteiger partial charge in [-0.3, -0.25) is 9.59 Å². The van der Waals surface area contributed by atoms with Crippen molar-refractivity contribution in [3.05, 3.63) is 65.7 Å². The number of rotatable bonds is 5. The molecule has 1 N–H and O–H groups in total. The van der Waals surface area contributed by atoms with Crippen molar-refractivity contribution in [2.24, 2.45) is 0 Å². The molecular weight excluding hydrogens is 408 g/mol. The van der Waals surface area contributed by atoms with Crippen LogP contribution in [0.4, 0.5) is 0 Å². The Hall–Kier alpha value is -3.48. The first-order valence-electron chi connectivity index (χ1n) is 10.7. The van der Waals surface area contributed by atoms with Crippen LogP contribution >= 0.6 is 0 Å². The average Bonchev–Trinajstić information content (AvgIpc) is 2.94. The highest BCUT2D eigenvalue weighted by molar-refractivity contribution is 5.97. The topological polar surface area (TPSA) is 77.1 Å². The molecular formula is C25H28N2O5. The largest absolute Gasteiger partial charge is 0.493 e. The second kappa shape index (κ2) is 8.94. The summed E-state index contributed by atoms with van der Waals surface area (Å²) < 4.78 is 17.3. The van der Waals surface area contributed by atoms with Crippen LogP contribution in [0.5, 0.6) is 17.2 Å². The lowest BCUT2D eigenvalue weighted by atomic mass is 9.90. The smallest absolute Gasteiger partial charge is 0.255 e. The molecule has 2 aromatic carbocycles. The summed E-state index contributed by atoms with van der Waals surface area (Å²) in [4.78, 5) is 27.5. The van der Waals surface area contributed by atoms with Crippen molar-refractivity contribution in [1.29, 1.82) is 0 Å². The zero-order valence-electron chi connectivity index (χ0n) is 18.5. The Morgan fingerprint density at radius 1 is 1.22 bits per heavy atom. The zero-order chi connectivity index (χ0) is 22.7. The maximum atomic E-state index is 13.1. The van der Waals surface area contributed by atoms with Gasteiger partial charge in [-0.2, -0.15) is 0 Å². The number of hydrogen-bond acceptors (Lipinski definition) is 5. The van der Waals surface area contributed by atoms with Crippen LogP contribution in [0, 0.1) is 6.92 Å². The number of nitrogens with zero attached hydrogens (tertiary/aromatic N) is 1. The van der Waals surface area contributed by atoms with Crippen molar-refractivity contribution in [3.63, 3.8) is 0 Å². The van der Waals surface area contributed by atoms with Gasteiger partial charge in [0.15, 0.2) is 11.5 Å². The van der Waals surface area contributed by atoms with Crippen molar-refractivity contribution >= 4 is 11.8 Å². The molecule has 168 valence electrons. The Morgan fingerprint density at radius 3 is 2.72 bits per heavy atom. The fourth-order valence-corrected chi connectivity index (χ4v) is 4.16. The third kappa shape index (κ3) is 4.28. The maximum Gasteiger partial charge on any atom is 0.255 e. The minimum absolute atomic E-state index is 0.0675. The van der Waals surface area contributed by atoms with Gasteiger partial charge in [-0.15, -0.1) is 0 Å². The van der Waals surface area contributed by atoms with Crippen LogP contribution in [0.3, 0.4) is 0 Å². The van der Waals surface area contributed by atoms with Crippen LogP contribution in [-0.4, -0.2) is 55.7 Å². The highest BCUT2D eigenvalue weighted by Crippen LogP contribution is 2.34. The van der Waals surface area contributed by atoms with Crippen LogP contribution in [-0.2, 0) is 0 Å². The molecule has 0 unspecified atom stereocenters. The van der Waals surface area contributed by atoms with E-state index in [1.807, 2.05) is 30.0 Å². The molecule has 0 aliphatic carbocycles. The van der Waals surface area contributed by atoms with E-state index in [0.29, 0.717) is 67.5 Å². The third-order valence-corrected chi connectivity index (χ3v) is 6.01. The van der Waals surface area contributed by atoms with Gasteiger partial charge in [0.1, 0.15) is 18.0 Å². The fourth-order valence-electron chi connectivity index (χ4n) is 4.16. The van der Waals surface area contributed by atoms with Gasteiger partial charge in [-0.1, -0.05) is 24.3 Å². The normalized spacial score (nSPS) is 16.9. The number of fused-ring (bicyclic) bond motifs is 1. The molecule has 2 heterocycles. The molecule has 1 saturated heterocycles. The van der Waals surface area contributed by atoms with Gasteiger partial charge < -0.3 is 24.4 Å². The summed E-state index contributed by atoms with van der Waals surface area (Å²) in [5.74, 6) is 1.49. The van der Waals surface area contributed by atoms with E-state index in [1.165, 1.54) is 0 Å². The molecule has 7 nitrogen and oxygen atoms in total. The Kier molecular flexibility index (Phi) is 6.08. The van der Waals surface area contributed by atoms with Crippen LogP contribution in [0.2, 0.25) is 0 Å². The number of hydrogen-bond donors (Lipinski definition) is 1. The zero-order valence-corrected chi connectivity index (χ0v) is 18.5. The summed E-state index contributed by atoms with van der Waals surface area (Å²) in [6, 6.07) is 10.8. The molecule has 32 heavy (non-hydrogen) atoms. The lowest BCUT2D eigenvalue weighted by Crippen LogP contribution is -2.54. The van der Waals surface area contributed by atoms with E-state index >= 15 is 0 Å². The second-order valence-electron chi connectivity index (χ2n) is 8.22.